The van der Waals surface area contributed by atoms with E-state index in [0.717, 1.165) is 5.56 Å². The molecule has 1 amide bonds. The number of ether oxygens (including phenoxy) is 1. The Kier molecular flexibility index (Phi) is 4.08. The standard InChI is InChI=1S/C15H19N3O2/c1-15(2,3)20-14(19)17-13-7-4-6-12(10-13)11-18-9-5-8-16-18/h4-10H,11H2,1-3H3,(H,17,19). The summed E-state index contributed by atoms with van der Waals surface area (Å²) in [5, 5.41) is 6.88. The van der Waals surface area contributed by atoms with E-state index >= 15 is 0 Å². The van der Waals surface area contributed by atoms with E-state index in [1.54, 1.807) is 6.20 Å². The number of carbonyl (C=O) groups is 1. The first-order valence-corrected chi connectivity index (χ1v) is 6.49. The molecular weight excluding hydrogens is 254 g/mol. The molecule has 1 aromatic carbocycles. The Bertz CT molecular complexity index is 571. The van der Waals surface area contributed by atoms with Gasteiger partial charge in [0.25, 0.3) is 0 Å². The lowest BCUT2D eigenvalue weighted by atomic mass is 10.2. The quantitative estimate of drug-likeness (QED) is 0.933. The SMILES string of the molecule is CC(C)(C)OC(=O)Nc1cccc(Cn2cccn2)c1. The van der Waals surface area contributed by atoms with Gasteiger partial charge in [-0.05, 0) is 44.5 Å². The highest BCUT2D eigenvalue weighted by Gasteiger charge is 2.16. The van der Waals surface area contributed by atoms with Crippen molar-refractivity contribution in [3.63, 3.8) is 0 Å². The van der Waals surface area contributed by atoms with E-state index in [1.807, 2.05) is 62.0 Å². The molecule has 5 heteroatoms. The molecule has 1 N–H and O–H groups in total. The van der Waals surface area contributed by atoms with Crippen LogP contribution >= 0.6 is 0 Å². The minimum atomic E-state index is -0.503. The second-order valence-corrected chi connectivity index (χ2v) is 5.53. The van der Waals surface area contributed by atoms with Crippen molar-refractivity contribution < 1.29 is 9.53 Å². The fourth-order valence-electron chi connectivity index (χ4n) is 1.75. The van der Waals surface area contributed by atoms with Gasteiger partial charge in [-0.15, -0.1) is 0 Å². The molecule has 0 fully saturated rings. The maximum Gasteiger partial charge on any atom is 0.412 e. The summed E-state index contributed by atoms with van der Waals surface area (Å²) in [4.78, 5) is 11.7. The van der Waals surface area contributed by atoms with Crippen molar-refractivity contribution in [2.75, 3.05) is 5.32 Å². The summed E-state index contributed by atoms with van der Waals surface area (Å²) < 4.78 is 7.05. The number of nitrogens with zero attached hydrogens (tertiary/aromatic N) is 2. The molecule has 0 saturated heterocycles. The van der Waals surface area contributed by atoms with Crippen LogP contribution < -0.4 is 5.32 Å². The number of nitrogens with one attached hydrogen (secondary N) is 1. The van der Waals surface area contributed by atoms with Gasteiger partial charge < -0.3 is 4.74 Å². The Balaban J connectivity index is 2.01. The fraction of sp³-hybridized carbons (Fsp3) is 0.333. The molecule has 0 aliphatic carbocycles. The number of anilines is 1. The Hall–Kier alpha value is -2.30. The van der Waals surface area contributed by atoms with Crippen LogP contribution in [0.2, 0.25) is 0 Å². The molecule has 0 bridgehead atoms. The largest absolute Gasteiger partial charge is 0.444 e. The first-order chi connectivity index (χ1) is 9.42. The number of amides is 1. The van der Waals surface area contributed by atoms with Crippen LogP contribution in [-0.4, -0.2) is 21.5 Å². The first kappa shape index (κ1) is 14.1. The number of aromatic nitrogens is 2. The van der Waals surface area contributed by atoms with Crippen LogP contribution in [0.15, 0.2) is 42.7 Å². The maximum absolute atomic E-state index is 11.7. The smallest absolute Gasteiger partial charge is 0.412 e. The lowest BCUT2D eigenvalue weighted by molar-refractivity contribution is 0.0636. The first-order valence-electron chi connectivity index (χ1n) is 6.49. The molecule has 0 saturated carbocycles. The minimum absolute atomic E-state index is 0.450. The van der Waals surface area contributed by atoms with Crippen LogP contribution in [0.5, 0.6) is 0 Å². The van der Waals surface area contributed by atoms with Crippen LogP contribution in [0.4, 0.5) is 10.5 Å². The van der Waals surface area contributed by atoms with E-state index in [1.165, 1.54) is 0 Å². The van der Waals surface area contributed by atoms with E-state index in [2.05, 4.69) is 10.4 Å². The maximum atomic E-state index is 11.7. The minimum Gasteiger partial charge on any atom is -0.444 e. The predicted molar refractivity (Wildman–Crippen MR) is 77.6 cm³/mol. The molecule has 0 spiro atoms. The van der Waals surface area contributed by atoms with Crippen molar-refractivity contribution in [2.45, 2.75) is 32.9 Å². The summed E-state index contributed by atoms with van der Waals surface area (Å²) >= 11 is 0. The van der Waals surface area contributed by atoms with Crippen molar-refractivity contribution >= 4 is 11.8 Å². The Morgan fingerprint density at radius 1 is 1.35 bits per heavy atom. The van der Waals surface area contributed by atoms with Gasteiger partial charge in [0, 0.05) is 18.1 Å². The molecule has 20 heavy (non-hydrogen) atoms. The molecule has 2 aromatic rings. The molecule has 106 valence electrons. The van der Waals surface area contributed by atoms with E-state index < -0.39 is 11.7 Å². The van der Waals surface area contributed by atoms with Gasteiger partial charge >= 0.3 is 6.09 Å². The average molecular weight is 273 g/mol. The van der Waals surface area contributed by atoms with Crippen LogP contribution in [-0.2, 0) is 11.3 Å². The molecule has 0 unspecified atom stereocenters. The summed E-state index contributed by atoms with van der Waals surface area (Å²) in [6, 6.07) is 9.50. The number of benzene rings is 1. The predicted octanol–water partition coefficient (Wildman–Crippen LogP) is 3.28. The number of hydrogen-bond acceptors (Lipinski definition) is 3. The molecule has 1 heterocycles. The van der Waals surface area contributed by atoms with E-state index in [9.17, 15) is 4.79 Å². The highest BCUT2D eigenvalue weighted by atomic mass is 16.6. The van der Waals surface area contributed by atoms with Crippen LogP contribution in [0.1, 0.15) is 26.3 Å². The fourth-order valence-corrected chi connectivity index (χ4v) is 1.75. The van der Waals surface area contributed by atoms with Gasteiger partial charge in [0.2, 0.25) is 0 Å². The average Bonchev–Trinajstić information content (AvgIpc) is 2.79. The topological polar surface area (TPSA) is 56.1 Å². The second kappa shape index (κ2) is 5.77. The summed E-state index contributed by atoms with van der Waals surface area (Å²) in [7, 11) is 0. The van der Waals surface area contributed by atoms with Crippen LogP contribution in [0, 0.1) is 0 Å². The van der Waals surface area contributed by atoms with Gasteiger partial charge in [-0.3, -0.25) is 10.00 Å². The van der Waals surface area contributed by atoms with Crippen molar-refractivity contribution in [2.24, 2.45) is 0 Å². The van der Waals surface area contributed by atoms with Gasteiger partial charge in [0.1, 0.15) is 5.60 Å². The molecule has 0 aliphatic rings. The third-order valence-corrected chi connectivity index (χ3v) is 2.48. The number of carbonyl (C=O) groups excluding carboxylic acids is 1. The van der Waals surface area contributed by atoms with E-state index in [0.29, 0.717) is 12.2 Å². The number of rotatable bonds is 3. The molecular formula is C15H19N3O2. The lowest BCUT2D eigenvalue weighted by Crippen LogP contribution is -2.27. The molecule has 2 rings (SSSR count). The van der Waals surface area contributed by atoms with Crippen LogP contribution in [0.3, 0.4) is 0 Å². The van der Waals surface area contributed by atoms with E-state index in [-0.39, 0.29) is 0 Å². The Labute approximate surface area is 118 Å². The van der Waals surface area contributed by atoms with Gasteiger partial charge in [-0.1, -0.05) is 12.1 Å². The summed E-state index contributed by atoms with van der Waals surface area (Å²) in [6.45, 7) is 6.17. The molecule has 0 radical (unpaired) electrons. The Morgan fingerprint density at radius 3 is 2.80 bits per heavy atom. The van der Waals surface area contributed by atoms with Gasteiger partial charge in [0.05, 0.1) is 6.54 Å². The summed E-state index contributed by atoms with van der Waals surface area (Å²) in [5.74, 6) is 0. The van der Waals surface area contributed by atoms with Crippen molar-refractivity contribution in [3.05, 3.63) is 48.3 Å². The third-order valence-electron chi connectivity index (χ3n) is 2.48. The van der Waals surface area contributed by atoms with Gasteiger partial charge in [0.15, 0.2) is 0 Å². The zero-order valence-electron chi connectivity index (χ0n) is 12.0. The zero-order valence-corrected chi connectivity index (χ0v) is 12.0. The number of hydrogen-bond donors (Lipinski definition) is 1. The molecule has 0 atom stereocenters. The second-order valence-electron chi connectivity index (χ2n) is 5.53. The van der Waals surface area contributed by atoms with Crippen molar-refractivity contribution in [3.8, 4) is 0 Å². The van der Waals surface area contributed by atoms with Gasteiger partial charge in [-0.25, -0.2) is 4.79 Å². The summed E-state index contributed by atoms with van der Waals surface area (Å²) in [5.41, 5.74) is 1.27. The normalized spacial score (nSPS) is 11.2. The molecule has 5 nitrogen and oxygen atoms in total. The highest BCUT2D eigenvalue weighted by Crippen LogP contribution is 2.14. The molecule has 1 aromatic heterocycles. The van der Waals surface area contributed by atoms with Crippen molar-refractivity contribution in [1.29, 1.82) is 0 Å². The molecule has 0 aliphatic heterocycles. The van der Waals surface area contributed by atoms with Gasteiger partial charge in [-0.2, -0.15) is 5.10 Å². The van der Waals surface area contributed by atoms with Crippen molar-refractivity contribution in [1.82, 2.24) is 9.78 Å². The highest BCUT2D eigenvalue weighted by molar-refractivity contribution is 5.84. The third kappa shape index (κ3) is 4.42. The van der Waals surface area contributed by atoms with E-state index in [4.69, 9.17) is 4.74 Å². The van der Waals surface area contributed by atoms with Crippen LogP contribution in [0.25, 0.3) is 0 Å². The Morgan fingerprint density at radius 2 is 2.15 bits per heavy atom. The lowest BCUT2D eigenvalue weighted by Gasteiger charge is -2.19. The summed E-state index contributed by atoms with van der Waals surface area (Å²) in [6.07, 6.45) is 3.19. The monoisotopic (exact) mass is 273 g/mol. The zero-order chi connectivity index (χ0) is 14.6.